The van der Waals surface area contributed by atoms with Crippen LogP contribution in [0.2, 0.25) is 5.02 Å². The lowest BCUT2D eigenvalue weighted by Crippen LogP contribution is -2.39. The Hall–Kier alpha value is -2.79. The lowest BCUT2D eigenvalue weighted by Gasteiger charge is -2.33. The Kier molecular flexibility index (Phi) is 5.80. The van der Waals surface area contributed by atoms with Crippen molar-refractivity contribution in [2.75, 3.05) is 25.1 Å². The zero-order valence-electron chi connectivity index (χ0n) is 18.4. The third-order valence-corrected chi connectivity index (χ3v) is 6.37. The van der Waals surface area contributed by atoms with E-state index in [1.54, 1.807) is 18.2 Å². The number of likely N-dealkylation sites (tertiary alicyclic amines) is 1. The second-order valence-corrected chi connectivity index (χ2v) is 8.91. The maximum atomic E-state index is 13.7. The molecule has 2 aromatic rings. The second-order valence-electron chi connectivity index (χ2n) is 8.50. The first kappa shape index (κ1) is 21.4. The van der Waals surface area contributed by atoms with E-state index in [2.05, 4.69) is 11.8 Å². The first-order valence-electron chi connectivity index (χ1n) is 10.6. The zero-order valence-corrected chi connectivity index (χ0v) is 19.1. The van der Waals surface area contributed by atoms with E-state index in [4.69, 9.17) is 16.3 Å². The number of methoxy groups -OCH3 is 1. The van der Waals surface area contributed by atoms with Crippen LogP contribution in [0, 0.1) is 19.8 Å². The lowest BCUT2D eigenvalue weighted by molar-refractivity contribution is -0.120. The molecule has 2 amide bonds. The average molecular weight is 439 g/mol. The summed E-state index contributed by atoms with van der Waals surface area (Å²) in [5.41, 5.74) is 4.32. The monoisotopic (exact) mass is 438 g/mol. The Morgan fingerprint density at radius 1 is 1.06 bits per heavy atom. The normalized spacial score (nSPS) is 19.5. The number of piperidine rings is 1. The highest BCUT2D eigenvalue weighted by Crippen LogP contribution is 2.39. The SMILES string of the molecule is COc1ccc(N2C(=O)C(c3ccc(C)cc3C)=C(N3CCCC(C)C3)C2=O)cc1Cl. The summed E-state index contributed by atoms with van der Waals surface area (Å²) in [6, 6.07) is 11.0. The van der Waals surface area contributed by atoms with E-state index >= 15 is 0 Å². The van der Waals surface area contributed by atoms with Crippen molar-refractivity contribution in [2.45, 2.75) is 33.6 Å². The molecule has 1 atom stereocenters. The fourth-order valence-electron chi connectivity index (χ4n) is 4.57. The molecular formula is C25H27ClN2O3. The molecule has 0 radical (unpaired) electrons. The van der Waals surface area contributed by atoms with Crippen LogP contribution >= 0.6 is 11.6 Å². The summed E-state index contributed by atoms with van der Waals surface area (Å²) >= 11 is 6.31. The molecule has 1 unspecified atom stereocenters. The Morgan fingerprint density at radius 3 is 2.48 bits per heavy atom. The van der Waals surface area contributed by atoms with Gasteiger partial charge < -0.3 is 9.64 Å². The number of carbonyl (C=O) groups is 2. The minimum absolute atomic E-state index is 0.296. The van der Waals surface area contributed by atoms with Crippen molar-refractivity contribution in [1.82, 2.24) is 4.90 Å². The molecule has 0 aromatic heterocycles. The molecule has 0 N–H and O–H groups in total. The first-order chi connectivity index (χ1) is 14.8. The standard InChI is InChI=1S/C25H27ClN2O3/c1-15-7-9-19(17(3)12-15)22-23(27-11-5-6-16(2)14-27)25(30)28(24(22)29)18-8-10-21(31-4)20(26)13-18/h7-10,12-13,16H,5-6,11,14H2,1-4H3. The number of imide groups is 1. The van der Waals surface area contributed by atoms with Crippen molar-refractivity contribution >= 4 is 34.7 Å². The van der Waals surface area contributed by atoms with E-state index in [0.29, 0.717) is 33.6 Å². The van der Waals surface area contributed by atoms with Crippen molar-refractivity contribution < 1.29 is 14.3 Å². The molecule has 162 valence electrons. The van der Waals surface area contributed by atoms with Crippen LogP contribution in [0.5, 0.6) is 5.75 Å². The molecule has 2 aromatic carbocycles. The highest BCUT2D eigenvalue weighted by Gasteiger charge is 2.43. The molecule has 5 nitrogen and oxygen atoms in total. The van der Waals surface area contributed by atoms with Crippen LogP contribution in [0.25, 0.3) is 5.57 Å². The van der Waals surface area contributed by atoms with Gasteiger partial charge in [-0.25, -0.2) is 4.90 Å². The number of hydrogen-bond donors (Lipinski definition) is 0. The lowest BCUT2D eigenvalue weighted by atomic mass is 9.95. The van der Waals surface area contributed by atoms with Gasteiger partial charge in [-0.15, -0.1) is 0 Å². The molecule has 31 heavy (non-hydrogen) atoms. The summed E-state index contributed by atoms with van der Waals surface area (Å²) in [6.07, 6.45) is 2.13. The van der Waals surface area contributed by atoms with E-state index in [-0.39, 0.29) is 11.8 Å². The third kappa shape index (κ3) is 3.83. The molecule has 0 bridgehead atoms. The van der Waals surface area contributed by atoms with E-state index < -0.39 is 0 Å². The first-order valence-corrected chi connectivity index (χ1v) is 11.0. The summed E-state index contributed by atoms with van der Waals surface area (Å²) in [5.74, 6) is 0.355. The topological polar surface area (TPSA) is 49.9 Å². The Bertz CT molecular complexity index is 1090. The fourth-order valence-corrected chi connectivity index (χ4v) is 4.82. The zero-order chi connectivity index (χ0) is 22.3. The van der Waals surface area contributed by atoms with Crippen LogP contribution in [0.4, 0.5) is 5.69 Å². The van der Waals surface area contributed by atoms with Gasteiger partial charge in [-0.05, 0) is 61.9 Å². The number of benzene rings is 2. The Morgan fingerprint density at radius 2 is 1.84 bits per heavy atom. The smallest absolute Gasteiger partial charge is 0.282 e. The minimum Gasteiger partial charge on any atom is -0.495 e. The number of ether oxygens (including phenoxy) is 1. The molecule has 2 aliphatic heterocycles. The van der Waals surface area contributed by atoms with Gasteiger partial charge in [-0.2, -0.15) is 0 Å². The molecule has 0 saturated carbocycles. The molecule has 0 aliphatic carbocycles. The molecule has 1 fully saturated rings. The van der Waals surface area contributed by atoms with Gasteiger partial charge in [0, 0.05) is 13.1 Å². The number of carbonyl (C=O) groups excluding carboxylic acids is 2. The van der Waals surface area contributed by atoms with Crippen molar-refractivity contribution in [3.63, 3.8) is 0 Å². The van der Waals surface area contributed by atoms with Crippen LogP contribution < -0.4 is 9.64 Å². The van der Waals surface area contributed by atoms with Gasteiger partial charge in [0.05, 0.1) is 23.4 Å². The predicted molar refractivity (Wildman–Crippen MR) is 123 cm³/mol. The van der Waals surface area contributed by atoms with Crippen molar-refractivity contribution in [1.29, 1.82) is 0 Å². The van der Waals surface area contributed by atoms with Gasteiger partial charge in [-0.1, -0.05) is 42.3 Å². The molecular weight excluding hydrogens is 412 g/mol. The molecule has 0 spiro atoms. The number of nitrogens with zero attached hydrogens (tertiary/aromatic N) is 2. The second kappa shape index (κ2) is 8.39. The summed E-state index contributed by atoms with van der Waals surface area (Å²) in [5, 5.41) is 0.355. The summed E-state index contributed by atoms with van der Waals surface area (Å²) in [4.78, 5) is 30.7. The van der Waals surface area contributed by atoms with Crippen LogP contribution in [0.1, 0.15) is 36.5 Å². The number of hydrogen-bond acceptors (Lipinski definition) is 4. The quantitative estimate of drug-likeness (QED) is 0.631. The Labute approximate surface area is 188 Å². The number of anilines is 1. The van der Waals surface area contributed by atoms with Crippen molar-refractivity contribution in [2.24, 2.45) is 5.92 Å². The number of halogens is 1. The van der Waals surface area contributed by atoms with Gasteiger partial charge in [0.15, 0.2) is 0 Å². The van der Waals surface area contributed by atoms with Crippen molar-refractivity contribution in [3.05, 3.63) is 63.8 Å². The van der Waals surface area contributed by atoms with Gasteiger partial charge in [0.1, 0.15) is 11.4 Å². The highest BCUT2D eigenvalue weighted by atomic mass is 35.5. The largest absolute Gasteiger partial charge is 0.495 e. The van der Waals surface area contributed by atoms with Crippen LogP contribution in [0.15, 0.2) is 42.1 Å². The van der Waals surface area contributed by atoms with Crippen LogP contribution in [-0.2, 0) is 9.59 Å². The van der Waals surface area contributed by atoms with Gasteiger partial charge in [0.25, 0.3) is 11.8 Å². The number of rotatable bonds is 4. The van der Waals surface area contributed by atoms with E-state index in [9.17, 15) is 9.59 Å². The molecule has 4 rings (SSSR count). The van der Waals surface area contributed by atoms with Crippen LogP contribution in [-0.4, -0.2) is 36.9 Å². The molecule has 1 saturated heterocycles. The van der Waals surface area contributed by atoms with Crippen LogP contribution in [0.3, 0.4) is 0 Å². The third-order valence-electron chi connectivity index (χ3n) is 6.08. The number of amides is 2. The van der Waals surface area contributed by atoms with Gasteiger partial charge in [0.2, 0.25) is 0 Å². The number of aryl methyl sites for hydroxylation is 2. The van der Waals surface area contributed by atoms with Crippen molar-refractivity contribution in [3.8, 4) is 5.75 Å². The van der Waals surface area contributed by atoms with Gasteiger partial charge in [-0.3, -0.25) is 9.59 Å². The summed E-state index contributed by atoms with van der Waals surface area (Å²) < 4.78 is 5.22. The summed E-state index contributed by atoms with van der Waals surface area (Å²) in [6.45, 7) is 7.72. The molecule has 6 heteroatoms. The molecule has 2 aliphatic rings. The van der Waals surface area contributed by atoms with Gasteiger partial charge >= 0.3 is 0 Å². The van der Waals surface area contributed by atoms with E-state index in [1.165, 1.54) is 12.0 Å². The summed E-state index contributed by atoms with van der Waals surface area (Å²) in [7, 11) is 1.53. The fraction of sp³-hybridized carbons (Fsp3) is 0.360. The predicted octanol–water partition coefficient (Wildman–Crippen LogP) is 4.98. The highest BCUT2D eigenvalue weighted by molar-refractivity contribution is 6.45. The Balaban J connectivity index is 1.85. The molecule has 2 heterocycles. The maximum absolute atomic E-state index is 13.7. The maximum Gasteiger partial charge on any atom is 0.282 e. The van der Waals surface area contributed by atoms with E-state index in [0.717, 1.165) is 42.6 Å². The minimum atomic E-state index is -0.314. The average Bonchev–Trinajstić information content (AvgIpc) is 2.98. The van der Waals surface area contributed by atoms with E-state index in [1.807, 2.05) is 32.0 Å².